The molecule has 0 N–H and O–H groups in total. The van der Waals surface area contributed by atoms with Gasteiger partial charge in [0.05, 0.1) is 28.2 Å². The number of rotatable bonds is 8. The monoisotopic (exact) mass is 488 g/mol. The molecule has 0 spiro atoms. The second-order valence-corrected chi connectivity index (χ2v) is 10.6. The van der Waals surface area contributed by atoms with Crippen LogP contribution in [-0.2, 0) is 23.5 Å². The molecule has 1 saturated heterocycles. The standard InChI is InChI=1S/C22H21ClN4OS3/c23-16-7-5-15(6-8-16)11-20-24-17(13-30-20)14-31-22-26-25-21(19-4-2-10-29-19)27(22)12-18-3-1-9-28-18/h2,4-8,10,13,18H,1,3,9,11-12,14H2. The highest BCUT2D eigenvalue weighted by molar-refractivity contribution is 7.98. The van der Waals surface area contributed by atoms with Crippen LogP contribution >= 0.6 is 46.0 Å². The Morgan fingerprint density at radius 3 is 2.84 bits per heavy atom. The van der Waals surface area contributed by atoms with Crippen molar-refractivity contribution in [1.29, 1.82) is 0 Å². The van der Waals surface area contributed by atoms with Crippen LogP contribution in [-0.4, -0.2) is 32.5 Å². The van der Waals surface area contributed by atoms with E-state index < -0.39 is 0 Å². The van der Waals surface area contributed by atoms with E-state index in [4.69, 9.17) is 21.3 Å². The molecule has 9 heteroatoms. The Kier molecular flexibility index (Phi) is 6.71. The van der Waals surface area contributed by atoms with Gasteiger partial charge in [-0.3, -0.25) is 4.57 Å². The van der Waals surface area contributed by atoms with Gasteiger partial charge >= 0.3 is 0 Å². The number of halogens is 1. The van der Waals surface area contributed by atoms with E-state index in [1.54, 1.807) is 34.4 Å². The van der Waals surface area contributed by atoms with E-state index >= 15 is 0 Å². The third kappa shape index (κ3) is 5.21. The number of hydrogen-bond acceptors (Lipinski definition) is 7. The largest absolute Gasteiger partial charge is 0.376 e. The van der Waals surface area contributed by atoms with Gasteiger partial charge in [-0.15, -0.1) is 32.9 Å². The lowest BCUT2D eigenvalue weighted by Gasteiger charge is -2.14. The van der Waals surface area contributed by atoms with Crippen molar-refractivity contribution in [2.75, 3.05) is 6.61 Å². The maximum absolute atomic E-state index is 5.98. The molecule has 3 aromatic heterocycles. The predicted octanol–water partition coefficient (Wildman–Crippen LogP) is 6.18. The lowest BCUT2D eigenvalue weighted by molar-refractivity contribution is 0.0953. The second-order valence-electron chi connectivity index (χ2n) is 7.35. The Bertz CT molecular complexity index is 1120. The topological polar surface area (TPSA) is 52.8 Å². The fourth-order valence-corrected chi connectivity index (χ4v) is 6.17. The fourth-order valence-electron chi connectivity index (χ4n) is 3.55. The van der Waals surface area contributed by atoms with Crippen LogP contribution in [0.15, 0.2) is 52.3 Å². The van der Waals surface area contributed by atoms with Crippen molar-refractivity contribution in [3.8, 4) is 10.7 Å². The van der Waals surface area contributed by atoms with Crippen molar-refractivity contribution < 1.29 is 4.74 Å². The summed E-state index contributed by atoms with van der Waals surface area (Å²) in [7, 11) is 0. The average Bonchev–Trinajstić information content (AvgIpc) is 3.57. The van der Waals surface area contributed by atoms with Crippen LogP contribution in [0.5, 0.6) is 0 Å². The Morgan fingerprint density at radius 2 is 2.06 bits per heavy atom. The molecule has 4 heterocycles. The first kappa shape index (κ1) is 21.2. The normalized spacial score (nSPS) is 16.2. The van der Waals surface area contributed by atoms with Crippen molar-refractivity contribution in [3.05, 3.63) is 68.4 Å². The number of aromatic nitrogens is 4. The molecule has 0 bridgehead atoms. The summed E-state index contributed by atoms with van der Waals surface area (Å²) in [4.78, 5) is 5.95. The number of ether oxygens (including phenoxy) is 1. The fraction of sp³-hybridized carbons (Fsp3) is 0.318. The highest BCUT2D eigenvalue weighted by Crippen LogP contribution is 2.30. The lowest BCUT2D eigenvalue weighted by Crippen LogP contribution is -2.16. The van der Waals surface area contributed by atoms with E-state index in [-0.39, 0.29) is 6.10 Å². The van der Waals surface area contributed by atoms with Crippen molar-refractivity contribution in [1.82, 2.24) is 19.7 Å². The maximum atomic E-state index is 5.98. The molecule has 1 atom stereocenters. The molecule has 4 aromatic rings. The molecular formula is C22H21ClN4OS3. The van der Waals surface area contributed by atoms with Gasteiger partial charge in [0, 0.05) is 29.2 Å². The molecule has 1 unspecified atom stereocenters. The number of nitrogens with zero attached hydrogens (tertiary/aromatic N) is 4. The van der Waals surface area contributed by atoms with Gasteiger partial charge in [-0.25, -0.2) is 4.98 Å². The maximum Gasteiger partial charge on any atom is 0.191 e. The average molecular weight is 489 g/mol. The number of benzene rings is 1. The Hall–Kier alpha value is -1.71. The zero-order chi connectivity index (χ0) is 21.0. The minimum absolute atomic E-state index is 0.235. The Labute approximate surface area is 198 Å². The highest BCUT2D eigenvalue weighted by Gasteiger charge is 2.22. The zero-order valence-corrected chi connectivity index (χ0v) is 19.9. The number of thiazole rings is 1. The first-order valence-electron chi connectivity index (χ1n) is 10.1. The quantitative estimate of drug-likeness (QED) is 0.277. The molecule has 0 saturated carbocycles. The van der Waals surface area contributed by atoms with Gasteiger partial charge in [0.25, 0.3) is 0 Å². The molecule has 0 aliphatic carbocycles. The van der Waals surface area contributed by atoms with Gasteiger partial charge in [0.15, 0.2) is 11.0 Å². The first-order valence-corrected chi connectivity index (χ1v) is 13.3. The van der Waals surface area contributed by atoms with Crippen LogP contribution in [0.3, 0.4) is 0 Å². The predicted molar refractivity (Wildman–Crippen MR) is 128 cm³/mol. The minimum Gasteiger partial charge on any atom is -0.376 e. The highest BCUT2D eigenvalue weighted by atomic mass is 35.5. The summed E-state index contributed by atoms with van der Waals surface area (Å²) >= 11 is 11.1. The number of hydrogen-bond donors (Lipinski definition) is 0. The number of thioether (sulfide) groups is 1. The molecule has 5 nitrogen and oxygen atoms in total. The zero-order valence-electron chi connectivity index (χ0n) is 16.7. The molecule has 5 rings (SSSR count). The van der Waals surface area contributed by atoms with E-state index in [9.17, 15) is 0 Å². The van der Waals surface area contributed by atoms with Gasteiger partial charge < -0.3 is 4.74 Å². The molecular weight excluding hydrogens is 468 g/mol. The van der Waals surface area contributed by atoms with Gasteiger partial charge in [0.1, 0.15) is 0 Å². The van der Waals surface area contributed by atoms with Gasteiger partial charge in [-0.05, 0) is 42.0 Å². The van der Waals surface area contributed by atoms with E-state index in [1.165, 1.54) is 5.56 Å². The Balaban J connectivity index is 1.29. The van der Waals surface area contributed by atoms with E-state index in [0.29, 0.717) is 0 Å². The summed E-state index contributed by atoms with van der Waals surface area (Å²) in [6.45, 7) is 1.64. The van der Waals surface area contributed by atoms with Crippen LogP contribution in [0.2, 0.25) is 5.02 Å². The molecule has 1 fully saturated rings. The lowest BCUT2D eigenvalue weighted by atomic mass is 10.2. The van der Waals surface area contributed by atoms with E-state index in [0.717, 1.165) is 69.7 Å². The molecule has 1 aliphatic rings. The van der Waals surface area contributed by atoms with Gasteiger partial charge in [-0.2, -0.15) is 0 Å². The van der Waals surface area contributed by atoms with Crippen molar-refractivity contribution >= 4 is 46.0 Å². The van der Waals surface area contributed by atoms with Crippen LogP contribution in [0.1, 0.15) is 29.1 Å². The third-order valence-electron chi connectivity index (χ3n) is 5.09. The van der Waals surface area contributed by atoms with Crippen LogP contribution in [0, 0.1) is 0 Å². The molecule has 1 aliphatic heterocycles. The van der Waals surface area contributed by atoms with Crippen molar-refractivity contribution in [3.63, 3.8) is 0 Å². The molecule has 31 heavy (non-hydrogen) atoms. The SMILES string of the molecule is Clc1ccc(Cc2nc(CSc3nnc(-c4cccs4)n3CC3CCCO3)cs2)cc1. The summed E-state index contributed by atoms with van der Waals surface area (Å²) in [6.07, 6.45) is 3.27. The summed E-state index contributed by atoms with van der Waals surface area (Å²) in [5.74, 6) is 1.69. The molecule has 1 aromatic carbocycles. The first-order chi connectivity index (χ1) is 15.2. The smallest absolute Gasteiger partial charge is 0.191 e. The van der Waals surface area contributed by atoms with E-state index in [2.05, 4.69) is 49.8 Å². The number of thiophene rings is 1. The summed E-state index contributed by atoms with van der Waals surface area (Å²) < 4.78 is 8.10. The second kappa shape index (κ2) is 9.83. The summed E-state index contributed by atoms with van der Waals surface area (Å²) in [5, 5.41) is 16.0. The van der Waals surface area contributed by atoms with Crippen LogP contribution in [0.4, 0.5) is 0 Å². The molecule has 160 valence electrons. The Morgan fingerprint density at radius 1 is 1.16 bits per heavy atom. The molecule has 0 amide bonds. The van der Waals surface area contributed by atoms with Gasteiger partial charge in [0.2, 0.25) is 0 Å². The minimum atomic E-state index is 0.235. The van der Waals surface area contributed by atoms with Gasteiger partial charge in [-0.1, -0.05) is 41.6 Å². The van der Waals surface area contributed by atoms with Crippen molar-refractivity contribution in [2.24, 2.45) is 0 Å². The summed E-state index contributed by atoms with van der Waals surface area (Å²) in [6, 6.07) is 12.1. The van der Waals surface area contributed by atoms with Crippen LogP contribution < -0.4 is 0 Å². The van der Waals surface area contributed by atoms with Crippen LogP contribution in [0.25, 0.3) is 10.7 Å². The van der Waals surface area contributed by atoms with Crippen molar-refractivity contribution in [2.45, 2.75) is 42.8 Å². The summed E-state index contributed by atoms with van der Waals surface area (Å²) in [5.41, 5.74) is 2.29. The van der Waals surface area contributed by atoms with E-state index in [1.807, 2.05) is 12.1 Å². The molecule has 0 radical (unpaired) electrons. The third-order valence-corrected chi connectivity index (χ3v) is 8.10.